The van der Waals surface area contributed by atoms with Gasteiger partial charge in [0.25, 0.3) is 0 Å². The van der Waals surface area contributed by atoms with Crippen molar-refractivity contribution < 1.29 is 0 Å². The fraction of sp³-hybridized carbons (Fsp3) is 0.125. The minimum absolute atomic E-state index is 0.724. The molecule has 0 spiro atoms. The molecule has 4 nitrogen and oxygen atoms in total. The van der Waals surface area contributed by atoms with Crippen molar-refractivity contribution >= 4 is 0 Å². The van der Waals surface area contributed by atoms with E-state index in [4.69, 9.17) is 0 Å². The van der Waals surface area contributed by atoms with Gasteiger partial charge in [0.15, 0.2) is 0 Å². The molecule has 1 N–H and O–H groups in total. The summed E-state index contributed by atoms with van der Waals surface area (Å²) in [6.45, 7) is 0.724. The quantitative estimate of drug-likeness (QED) is 0.787. The zero-order valence-corrected chi connectivity index (χ0v) is 11.3. The number of nitrogens with one attached hydrogen (secondary N) is 1. The molecule has 3 rings (SSSR count). The smallest absolute Gasteiger partial charge is 0.0969 e. The van der Waals surface area contributed by atoms with Crippen molar-refractivity contribution in [3.8, 4) is 16.8 Å². The maximum atomic E-state index is 4.13. The third-order valence-corrected chi connectivity index (χ3v) is 3.14. The number of hydrogen-bond donors (Lipinski definition) is 1. The summed E-state index contributed by atoms with van der Waals surface area (Å²) in [5, 5.41) is 11.3. The maximum absolute atomic E-state index is 4.13. The van der Waals surface area contributed by atoms with E-state index in [2.05, 4.69) is 52.0 Å². The monoisotopic (exact) mass is 264 g/mol. The number of benzene rings is 2. The average Bonchev–Trinajstić information content (AvgIpc) is 2.97. The average molecular weight is 264 g/mol. The van der Waals surface area contributed by atoms with Gasteiger partial charge in [-0.2, -0.15) is 0 Å². The Balaban J connectivity index is 1.85. The van der Waals surface area contributed by atoms with Crippen LogP contribution in [0.1, 0.15) is 5.69 Å². The van der Waals surface area contributed by atoms with Gasteiger partial charge in [0.1, 0.15) is 0 Å². The Morgan fingerprint density at radius 3 is 2.35 bits per heavy atom. The van der Waals surface area contributed by atoms with E-state index in [0.29, 0.717) is 0 Å². The summed E-state index contributed by atoms with van der Waals surface area (Å²) >= 11 is 0. The second-order valence-corrected chi connectivity index (χ2v) is 4.60. The van der Waals surface area contributed by atoms with Crippen LogP contribution in [0, 0.1) is 0 Å². The van der Waals surface area contributed by atoms with Gasteiger partial charge in [0.05, 0.1) is 17.6 Å². The van der Waals surface area contributed by atoms with E-state index in [0.717, 1.165) is 17.9 Å². The minimum Gasteiger partial charge on any atom is -0.314 e. The van der Waals surface area contributed by atoms with Crippen molar-refractivity contribution in [1.82, 2.24) is 20.3 Å². The molecule has 0 aliphatic carbocycles. The summed E-state index contributed by atoms with van der Waals surface area (Å²) in [5.41, 5.74) is 4.36. The van der Waals surface area contributed by atoms with Gasteiger partial charge < -0.3 is 5.32 Å². The van der Waals surface area contributed by atoms with Crippen LogP contribution < -0.4 is 5.32 Å². The Kier molecular flexibility index (Phi) is 3.56. The number of aromatic nitrogens is 3. The summed E-state index contributed by atoms with van der Waals surface area (Å²) in [6.07, 6.45) is 1.94. The van der Waals surface area contributed by atoms with Gasteiger partial charge in [-0.3, -0.25) is 0 Å². The van der Waals surface area contributed by atoms with E-state index < -0.39 is 0 Å². The van der Waals surface area contributed by atoms with Gasteiger partial charge in [-0.15, -0.1) is 5.10 Å². The lowest BCUT2D eigenvalue weighted by atomic mass is 10.1. The maximum Gasteiger partial charge on any atom is 0.0969 e. The van der Waals surface area contributed by atoms with E-state index in [9.17, 15) is 0 Å². The van der Waals surface area contributed by atoms with Gasteiger partial charge in [-0.25, -0.2) is 4.68 Å². The summed E-state index contributed by atoms with van der Waals surface area (Å²) in [4.78, 5) is 0. The predicted octanol–water partition coefficient (Wildman–Crippen LogP) is 2.65. The van der Waals surface area contributed by atoms with Gasteiger partial charge in [0, 0.05) is 6.54 Å². The molecule has 0 unspecified atom stereocenters. The van der Waals surface area contributed by atoms with Crippen LogP contribution in [0.15, 0.2) is 60.8 Å². The Bertz CT molecular complexity index is 671. The number of hydrogen-bond acceptors (Lipinski definition) is 3. The first-order valence-corrected chi connectivity index (χ1v) is 6.58. The first-order chi connectivity index (χ1) is 9.86. The molecule has 0 amide bonds. The molecule has 20 heavy (non-hydrogen) atoms. The second-order valence-electron chi connectivity index (χ2n) is 4.60. The van der Waals surface area contributed by atoms with Gasteiger partial charge >= 0.3 is 0 Å². The van der Waals surface area contributed by atoms with Crippen molar-refractivity contribution in [3.05, 3.63) is 66.5 Å². The molecular weight excluding hydrogens is 248 g/mol. The van der Waals surface area contributed by atoms with Crippen LogP contribution in [0.2, 0.25) is 0 Å². The highest BCUT2D eigenvalue weighted by Gasteiger charge is 2.02. The number of nitrogens with zero attached hydrogens (tertiary/aromatic N) is 3. The Morgan fingerprint density at radius 2 is 1.65 bits per heavy atom. The highest BCUT2D eigenvalue weighted by molar-refractivity contribution is 5.64. The first-order valence-electron chi connectivity index (χ1n) is 6.58. The topological polar surface area (TPSA) is 42.7 Å². The van der Waals surface area contributed by atoms with Crippen molar-refractivity contribution in [3.63, 3.8) is 0 Å². The molecule has 0 saturated heterocycles. The SMILES string of the molecule is CNCc1cn(-c2ccc(-c3ccccc3)cc2)nn1. The second kappa shape index (κ2) is 5.67. The first kappa shape index (κ1) is 12.6. The van der Waals surface area contributed by atoms with Crippen molar-refractivity contribution in [2.75, 3.05) is 7.05 Å². The summed E-state index contributed by atoms with van der Waals surface area (Å²) in [7, 11) is 1.90. The third-order valence-electron chi connectivity index (χ3n) is 3.14. The molecule has 0 radical (unpaired) electrons. The standard InChI is InChI=1S/C16H16N4/c1-17-11-15-12-20(19-18-15)16-9-7-14(8-10-16)13-5-3-2-4-6-13/h2-10,12,17H,11H2,1H3. The Labute approximate surface area is 118 Å². The highest BCUT2D eigenvalue weighted by atomic mass is 15.4. The molecule has 1 heterocycles. The molecule has 100 valence electrons. The molecule has 0 bridgehead atoms. The summed E-state index contributed by atoms with van der Waals surface area (Å²) < 4.78 is 1.79. The molecule has 0 aliphatic rings. The van der Waals surface area contributed by atoms with Crippen molar-refractivity contribution in [1.29, 1.82) is 0 Å². The van der Waals surface area contributed by atoms with Crippen LogP contribution in [0.3, 0.4) is 0 Å². The largest absolute Gasteiger partial charge is 0.314 e. The zero-order chi connectivity index (χ0) is 13.8. The fourth-order valence-corrected chi connectivity index (χ4v) is 2.12. The van der Waals surface area contributed by atoms with Crippen molar-refractivity contribution in [2.45, 2.75) is 6.54 Å². The number of rotatable bonds is 4. The molecule has 4 heteroatoms. The lowest BCUT2D eigenvalue weighted by Crippen LogP contribution is -2.04. The van der Waals surface area contributed by atoms with E-state index in [-0.39, 0.29) is 0 Å². The van der Waals surface area contributed by atoms with Crippen LogP contribution in [-0.4, -0.2) is 22.0 Å². The molecule has 0 aliphatic heterocycles. The molecule has 0 fully saturated rings. The van der Waals surface area contributed by atoms with E-state index >= 15 is 0 Å². The van der Waals surface area contributed by atoms with Crippen LogP contribution in [0.25, 0.3) is 16.8 Å². The lowest BCUT2D eigenvalue weighted by molar-refractivity contribution is 0.767. The molecule has 2 aromatic carbocycles. The molecule has 1 aromatic heterocycles. The van der Waals surface area contributed by atoms with Crippen molar-refractivity contribution in [2.24, 2.45) is 0 Å². The summed E-state index contributed by atoms with van der Waals surface area (Å²) in [6, 6.07) is 18.6. The molecule has 0 atom stereocenters. The van der Waals surface area contributed by atoms with Crippen LogP contribution in [0.5, 0.6) is 0 Å². The third kappa shape index (κ3) is 2.60. The van der Waals surface area contributed by atoms with E-state index in [1.165, 1.54) is 11.1 Å². The normalized spacial score (nSPS) is 10.7. The molecular formula is C16H16N4. The fourth-order valence-electron chi connectivity index (χ4n) is 2.12. The molecule has 0 saturated carbocycles. The Morgan fingerprint density at radius 1 is 0.950 bits per heavy atom. The van der Waals surface area contributed by atoms with Gasteiger partial charge in [0.2, 0.25) is 0 Å². The van der Waals surface area contributed by atoms with E-state index in [1.54, 1.807) is 4.68 Å². The predicted molar refractivity (Wildman–Crippen MR) is 79.6 cm³/mol. The van der Waals surface area contributed by atoms with Crippen LogP contribution >= 0.6 is 0 Å². The van der Waals surface area contributed by atoms with Gasteiger partial charge in [-0.05, 0) is 30.3 Å². The zero-order valence-electron chi connectivity index (χ0n) is 11.3. The lowest BCUT2D eigenvalue weighted by Gasteiger charge is -2.03. The van der Waals surface area contributed by atoms with Crippen LogP contribution in [0.4, 0.5) is 0 Å². The van der Waals surface area contributed by atoms with Gasteiger partial charge in [-0.1, -0.05) is 47.7 Å². The Hall–Kier alpha value is -2.46. The minimum atomic E-state index is 0.724. The van der Waals surface area contributed by atoms with E-state index in [1.807, 2.05) is 31.4 Å². The van der Waals surface area contributed by atoms with Crippen LogP contribution in [-0.2, 0) is 6.54 Å². The molecule has 3 aromatic rings. The summed E-state index contributed by atoms with van der Waals surface area (Å²) in [5.74, 6) is 0. The highest BCUT2D eigenvalue weighted by Crippen LogP contribution is 2.20.